The van der Waals surface area contributed by atoms with Crippen LogP contribution >= 0.6 is 46.4 Å². The van der Waals surface area contributed by atoms with Crippen LogP contribution in [0.15, 0.2) is 117 Å². The Kier molecular flexibility index (Phi) is 15.0. The highest BCUT2D eigenvalue weighted by Gasteiger charge is 2.55. The van der Waals surface area contributed by atoms with Gasteiger partial charge in [0.2, 0.25) is 47.1 Å². The summed E-state index contributed by atoms with van der Waals surface area (Å²) in [4.78, 5) is 59.9. The summed E-state index contributed by atoms with van der Waals surface area (Å²) < 4.78 is 33.7. The normalized spacial score (nSPS) is 14.6. The van der Waals surface area contributed by atoms with Crippen molar-refractivity contribution in [1.29, 1.82) is 0 Å². The van der Waals surface area contributed by atoms with E-state index in [9.17, 15) is 23.6 Å². The van der Waals surface area contributed by atoms with Gasteiger partial charge in [0.15, 0.2) is 5.69 Å². The average Bonchev–Trinajstić information content (AvgIpc) is 3.64. The number of hydrogen-bond acceptors (Lipinski definition) is 14. The molecule has 3 saturated carbocycles. The van der Waals surface area contributed by atoms with E-state index in [0.29, 0.717) is 86.0 Å². The zero-order chi connectivity index (χ0) is 57.8. The fourth-order valence-corrected chi connectivity index (χ4v) is 10.5. The third-order valence-corrected chi connectivity index (χ3v) is 15.5. The van der Waals surface area contributed by atoms with Gasteiger partial charge in [0.1, 0.15) is 17.1 Å². The molecule has 13 rings (SSSR count). The van der Waals surface area contributed by atoms with E-state index < -0.39 is 28.8 Å². The molecule has 25 heteroatoms. The molecule has 418 valence electrons. The zero-order valence-corrected chi connectivity index (χ0v) is 46.5. The van der Waals surface area contributed by atoms with E-state index in [2.05, 4.69) is 41.1 Å². The van der Waals surface area contributed by atoms with Gasteiger partial charge in [-0.2, -0.15) is 14.4 Å². The number of carbonyl (C=O) groups excluding carboxylic acids is 3. The van der Waals surface area contributed by atoms with Gasteiger partial charge < -0.3 is 49.9 Å². The van der Waals surface area contributed by atoms with Crippen molar-refractivity contribution in [1.82, 2.24) is 50.2 Å². The lowest BCUT2D eigenvalue weighted by molar-refractivity contribution is -0.124. The number of amides is 3. The predicted molar refractivity (Wildman–Crippen MR) is 302 cm³/mol. The van der Waals surface area contributed by atoms with Crippen LogP contribution in [0.2, 0.25) is 20.1 Å². The van der Waals surface area contributed by atoms with Gasteiger partial charge in [0.05, 0.1) is 32.0 Å². The Balaban J connectivity index is 0.000000148. The number of rotatable bonds is 14. The van der Waals surface area contributed by atoms with E-state index in [4.69, 9.17) is 76.5 Å². The van der Waals surface area contributed by atoms with Gasteiger partial charge in [-0.25, -0.2) is 9.78 Å². The quantitative estimate of drug-likeness (QED) is 0.0633. The number of aromatic carboxylic acids is 1. The Hall–Kier alpha value is -8.47. The summed E-state index contributed by atoms with van der Waals surface area (Å²) in [6, 6.07) is 29.1. The number of aromatic nitrogens is 8. The van der Waals surface area contributed by atoms with Crippen LogP contribution in [0.5, 0.6) is 0 Å². The fourth-order valence-electron chi connectivity index (χ4n) is 9.53. The molecule has 82 heavy (non-hydrogen) atoms. The van der Waals surface area contributed by atoms with Crippen LogP contribution in [0.25, 0.3) is 56.2 Å². The van der Waals surface area contributed by atoms with Gasteiger partial charge in [0.25, 0.3) is 0 Å². The van der Waals surface area contributed by atoms with Crippen molar-refractivity contribution in [3.8, 4) is 34.4 Å². The zero-order valence-electron chi connectivity index (χ0n) is 43.5. The van der Waals surface area contributed by atoms with Gasteiger partial charge >= 0.3 is 5.97 Å². The first-order valence-electron chi connectivity index (χ1n) is 25.6. The number of carboxylic acid groups (broad SMARTS) is 1. The van der Waals surface area contributed by atoms with E-state index in [1.54, 1.807) is 26.0 Å². The highest BCUT2D eigenvalue weighted by molar-refractivity contribution is 6.40. The maximum atomic E-state index is 14.6. The number of nitrogens with zero attached hydrogens (tertiary/aromatic N) is 8. The standard InChI is InChI=1S/C28H21Cl2FN6O3.C22H19Cl2N5O2.C7H7NO3/c1-14-35-26(36-40-14)23-22(30)19-12-16(29)4-7-20(19)37(23)17-5-2-15(3-6-17)13-34-27(39)28(9-10-28)21-18(25(32)38)8-11-33-24(21)31;1-12-27-20(28-31-12)19-18(24)16-10-14(23)4-7-17(16)29(19)15-5-2-13(3-6-15)11-26-21(30)22(25)8-9-22;9-7(10)5-3-6(11-8-5)4-1-2-4/h2-8,11-12H,9-10,13H2,1H3,(H2,32,38)(H,34,39);2-7,10H,8-9,11,25H2,1H3,(H,26,30);3-4H,1-2H2,(H,9,10). The van der Waals surface area contributed by atoms with Crippen LogP contribution in [-0.2, 0) is 28.1 Å². The molecule has 6 aromatic heterocycles. The summed E-state index contributed by atoms with van der Waals surface area (Å²) in [7, 11) is 0. The first-order valence-corrected chi connectivity index (χ1v) is 27.1. The van der Waals surface area contributed by atoms with Crippen LogP contribution in [0.3, 0.4) is 0 Å². The van der Waals surface area contributed by atoms with Crippen LogP contribution in [0.4, 0.5) is 4.39 Å². The molecule has 20 nitrogen and oxygen atoms in total. The van der Waals surface area contributed by atoms with Gasteiger partial charge in [-0.05, 0) is 116 Å². The summed E-state index contributed by atoms with van der Waals surface area (Å²) in [6.07, 6.45) is 5.61. The van der Waals surface area contributed by atoms with Gasteiger partial charge in [0, 0.05) is 88.4 Å². The Morgan fingerprint density at radius 3 is 1.60 bits per heavy atom. The molecule has 0 atom stereocenters. The third kappa shape index (κ3) is 11.0. The lowest BCUT2D eigenvalue weighted by Gasteiger charge is -2.18. The number of nitrogens with one attached hydrogen (secondary N) is 2. The highest BCUT2D eigenvalue weighted by atomic mass is 35.5. The second kappa shape index (κ2) is 22.1. The number of benzene rings is 4. The minimum Gasteiger partial charge on any atom is -0.476 e. The Bertz CT molecular complexity index is 4140. The van der Waals surface area contributed by atoms with E-state index in [-0.39, 0.29) is 35.2 Å². The molecule has 3 amide bonds. The molecule has 7 N–H and O–H groups in total. The lowest BCUT2D eigenvalue weighted by atomic mass is 9.91. The van der Waals surface area contributed by atoms with E-state index >= 15 is 0 Å². The monoisotopic (exact) mass is 1190 g/mol. The molecule has 3 aliphatic rings. The number of aryl methyl sites for hydroxylation is 2. The Morgan fingerprint density at radius 1 is 0.683 bits per heavy atom. The molecule has 0 spiro atoms. The summed E-state index contributed by atoms with van der Waals surface area (Å²) in [5, 5.41) is 29.4. The molecular formula is C57H47Cl4FN12O8. The van der Waals surface area contributed by atoms with Crippen LogP contribution < -0.4 is 22.1 Å². The van der Waals surface area contributed by atoms with Crippen LogP contribution in [0, 0.1) is 19.8 Å². The summed E-state index contributed by atoms with van der Waals surface area (Å²) >= 11 is 26.0. The molecule has 3 aliphatic carbocycles. The van der Waals surface area contributed by atoms with Crippen molar-refractivity contribution in [3.05, 3.63) is 175 Å². The van der Waals surface area contributed by atoms with Gasteiger partial charge in [-0.3, -0.25) is 14.4 Å². The van der Waals surface area contributed by atoms with Crippen molar-refractivity contribution in [2.75, 3.05) is 0 Å². The van der Waals surface area contributed by atoms with E-state index in [0.717, 1.165) is 76.2 Å². The minimum absolute atomic E-state index is 0.00639. The molecule has 10 aromatic rings. The molecule has 4 aromatic carbocycles. The second-order valence-electron chi connectivity index (χ2n) is 20.1. The van der Waals surface area contributed by atoms with Crippen LogP contribution in [-0.4, -0.2) is 73.9 Å². The molecule has 0 saturated heterocycles. The number of nitrogens with two attached hydrogens (primary N) is 2. The third-order valence-electron chi connectivity index (χ3n) is 14.3. The largest absolute Gasteiger partial charge is 0.476 e. The molecule has 0 unspecified atom stereocenters. The van der Waals surface area contributed by atoms with Crippen molar-refractivity contribution >= 4 is 91.9 Å². The highest BCUT2D eigenvalue weighted by Crippen LogP contribution is 2.50. The minimum atomic E-state index is -1.16. The second-order valence-corrected chi connectivity index (χ2v) is 21.7. The molecular weight excluding hydrogens is 1140 g/mol. The number of carbonyl (C=O) groups is 4. The van der Waals surface area contributed by atoms with Crippen LogP contribution in [0.1, 0.15) is 99.5 Å². The number of hydrogen-bond donors (Lipinski definition) is 5. The van der Waals surface area contributed by atoms with Crippen molar-refractivity contribution in [2.45, 2.75) is 82.3 Å². The van der Waals surface area contributed by atoms with E-state index in [1.165, 1.54) is 12.1 Å². The smallest absolute Gasteiger partial charge is 0.358 e. The Labute approximate surface area is 484 Å². The molecule has 0 bridgehead atoms. The SMILES string of the molecule is Cc1nc(-c2c(Cl)c3cc(Cl)ccc3n2-c2ccc(CNC(=O)C3(N)CC3)cc2)no1.Cc1nc(-c2c(Cl)c3cc(Cl)ccc3n2-c2ccc(CNC(=O)C3(c4c(C(N)=O)ccnc4F)CC3)cc2)no1.O=C(O)c1cc(C2CC2)on1. The van der Waals surface area contributed by atoms with Crippen molar-refractivity contribution < 1.29 is 42.2 Å². The number of pyridine rings is 1. The first kappa shape index (κ1) is 55.4. The van der Waals surface area contributed by atoms with E-state index in [1.807, 2.05) is 81.9 Å². The maximum Gasteiger partial charge on any atom is 0.358 e. The molecule has 6 heterocycles. The molecule has 3 fully saturated rings. The maximum absolute atomic E-state index is 14.6. The summed E-state index contributed by atoms with van der Waals surface area (Å²) in [5.74, 6) is -0.482. The average molecular weight is 1190 g/mol. The summed E-state index contributed by atoms with van der Waals surface area (Å²) in [6.45, 7) is 4.02. The van der Waals surface area contributed by atoms with Crippen molar-refractivity contribution in [2.24, 2.45) is 11.5 Å². The first-order chi connectivity index (χ1) is 39.3. The number of primary amides is 1. The predicted octanol–water partition coefficient (Wildman–Crippen LogP) is 10.9. The number of fused-ring (bicyclic) bond motifs is 2. The van der Waals surface area contributed by atoms with Gasteiger partial charge in [-0.1, -0.05) is 86.1 Å². The molecule has 0 radical (unpaired) electrons. The Morgan fingerprint density at radius 2 is 1.18 bits per heavy atom. The van der Waals surface area contributed by atoms with Gasteiger partial charge in [-0.15, -0.1) is 0 Å². The topological polar surface area (TPSA) is 291 Å². The fraction of sp³-hybridized carbons (Fsp3) is 0.228. The molecule has 0 aliphatic heterocycles. The summed E-state index contributed by atoms with van der Waals surface area (Å²) in [5.41, 5.74) is 15.7. The number of carboxylic acids is 1. The van der Waals surface area contributed by atoms with Crippen molar-refractivity contribution in [3.63, 3.8) is 0 Å². The number of halogens is 5. The lowest BCUT2D eigenvalue weighted by Crippen LogP contribution is -2.42.